The van der Waals surface area contributed by atoms with Crippen molar-refractivity contribution in [3.8, 4) is 0 Å². The van der Waals surface area contributed by atoms with Gasteiger partial charge in [0.05, 0.1) is 17.7 Å². The number of anilines is 1. The number of rotatable bonds is 6. The van der Waals surface area contributed by atoms with Crippen molar-refractivity contribution >= 4 is 34.2 Å². The van der Waals surface area contributed by atoms with E-state index in [9.17, 15) is 14.4 Å². The van der Waals surface area contributed by atoms with Crippen LogP contribution in [0, 0.1) is 27.7 Å². The molecule has 2 rings (SSSR count). The standard InChI is InChI=1S/C20H23NO5S/c1-6-25-20(24)17-13(4)14(5)27-18(17)21-16(22)10-26-19(23)15-9-7-8-11(2)12(15)3/h7-9H,6,10H2,1-5H3,(H,21,22). The van der Waals surface area contributed by atoms with E-state index in [1.165, 1.54) is 11.3 Å². The van der Waals surface area contributed by atoms with E-state index in [1.807, 2.05) is 26.8 Å². The van der Waals surface area contributed by atoms with E-state index in [2.05, 4.69) is 5.32 Å². The van der Waals surface area contributed by atoms with Crippen LogP contribution in [0.1, 0.15) is 49.2 Å². The normalized spacial score (nSPS) is 10.4. The van der Waals surface area contributed by atoms with Gasteiger partial charge < -0.3 is 14.8 Å². The number of esters is 2. The smallest absolute Gasteiger partial charge is 0.341 e. The summed E-state index contributed by atoms with van der Waals surface area (Å²) in [6, 6.07) is 5.33. The number of hydrogen-bond donors (Lipinski definition) is 1. The number of amides is 1. The van der Waals surface area contributed by atoms with Crippen molar-refractivity contribution < 1.29 is 23.9 Å². The zero-order chi connectivity index (χ0) is 20.1. The summed E-state index contributed by atoms with van der Waals surface area (Å²) < 4.78 is 10.2. The molecule has 6 nitrogen and oxygen atoms in total. The lowest BCUT2D eigenvalue weighted by molar-refractivity contribution is -0.119. The van der Waals surface area contributed by atoms with Crippen molar-refractivity contribution in [3.63, 3.8) is 0 Å². The number of ether oxygens (including phenoxy) is 2. The molecule has 1 N–H and O–H groups in total. The summed E-state index contributed by atoms with van der Waals surface area (Å²) in [5.74, 6) is -1.56. The van der Waals surface area contributed by atoms with Crippen molar-refractivity contribution in [2.45, 2.75) is 34.6 Å². The molecule has 1 aromatic heterocycles. The highest BCUT2D eigenvalue weighted by Gasteiger charge is 2.22. The van der Waals surface area contributed by atoms with Crippen LogP contribution in [0.5, 0.6) is 0 Å². The zero-order valence-corrected chi connectivity index (χ0v) is 16.9. The van der Waals surface area contributed by atoms with Crippen LogP contribution < -0.4 is 5.32 Å². The number of hydrogen-bond acceptors (Lipinski definition) is 6. The van der Waals surface area contributed by atoms with Gasteiger partial charge in [-0.05, 0) is 57.4 Å². The predicted molar refractivity (Wildman–Crippen MR) is 105 cm³/mol. The first-order chi connectivity index (χ1) is 12.8. The molecule has 0 saturated carbocycles. The molecule has 0 bridgehead atoms. The Morgan fingerprint density at radius 1 is 1.00 bits per heavy atom. The number of thiophene rings is 1. The van der Waals surface area contributed by atoms with Crippen LogP contribution in [0.25, 0.3) is 0 Å². The maximum Gasteiger partial charge on any atom is 0.341 e. The third kappa shape index (κ3) is 4.74. The maximum atomic E-state index is 12.2. The first-order valence-electron chi connectivity index (χ1n) is 8.56. The Balaban J connectivity index is 2.06. The van der Waals surface area contributed by atoms with Crippen molar-refractivity contribution in [1.29, 1.82) is 0 Å². The van der Waals surface area contributed by atoms with Gasteiger partial charge in [-0.2, -0.15) is 0 Å². The van der Waals surface area contributed by atoms with Crippen LogP contribution in [-0.2, 0) is 14.3 Å². The number of carbonyl (C=O) groups excluding carboxylic acids is 3. The molecule has 1 amide bonds. The van der Waals surface area contributed by atoms with Crippen LogP contribution in [0.2, 0.25) is 0 Å². The average molecular weight is 389 g/mol. The summed E-state index contributed by atoms with van der Waals surface area (Å²) in [7, 11) is 0. The van der Waals surface area contributed by atoms with Crippen LogP contribution >= 0.6 is 11.3 Å². The third-order valence-corrected chi connectivity index (χ3v) is 5.40. The molecule has 27 heavy (non-hydrogen) atoms. The molecule has 1 aromatic carbocycles. The molecule has 0 aliphatic heterocycles. The van der Waals surface area contributed by atoms with Crippen molar-refractivity contribution in [1.82, 2.24) is 0 Å². The summed E-state index contributed by atoms with van der Waals surface area (Å²) in [5.41, 5.74) is 3.32. The Morgan fingerprint density at radius 3 is 2.37 bits per heavy atom. The van der Waals surface area contributed by atoms with E-state index in [0.717, 1.165) is 21.6 Å². The first-order valence-corrected chi connectivity index (χ1v) is 9.38. The van der Waals surface area contributed by atoms with E-state index in [-0.39, 0.29) is 6.61 Å². The molecule has 144 valence electrons. The highest BCUT2D eigenvalue weighted by atomic mass is 32.1. The summed E-state index contributed by atoms with van der Waals surface area (Å²) in [5, 5.41) is 3.05. The maximum absolute atomic E-state index is 12.2. The number of benzene rings is 1. The quantitative estimate of drug-likeness (QED) is 0.757. The van der Waals surface area contributed by atoms with Crippen molar-refractivity contribution in [3.05, 3.63) is 50.9 Å². The third-order valence-electron chi connectivity index (χ3n) is 4.28. The van der Waals surface area contributed by atoms with Crippen LogP contribution in [0.4, 0.5) is 5.00 Å². The Labute approximate surface area is 162 Å². The fraction of sp³-hybridized carbons (Fsp3) is 0.350. The molecule has 0 fully saturated rings. The first kappa shape index (κ1) is 20.6. The van der Waals surface area contributed by atoms with Crippen molar-refractivity contribution in [2.75, 3.05) is 18.5 Å². The lowest BCUT2D eigenvalue weighted by Crippen LogP contribution is -2.22. The summed E-state index contributed by atoms with van der Waals surface area (Å²) in [6.07, 6.45) is 0. The minimum Gasteiger partial charge on any atom is -0.462 e. The topological polar surface area (TPSA) is 81.7 Å². The van der Waals surface area contributed by atoms with Gasteiger partial charge in [0.25, 0.3) is 5.91 Å². The highest BCUT2D eigenvalue weighted by Crippen LogP contribution is 2.33. The number of nitrogens with one attached hydrogen (secondary N) is 1. The van der Waals surface area contributed by atoms with Crippen molar-refractivity contribution in [2.24, 2.45) is 0 Å². The lowest BCUT2D eigenvalue weighted by Gasteiger charge is -2.10. The van der Waals surface area contributed by atoms with Gasteiger partial charge in [0.2, 0.25) is 0 Å². The SMILES string of the molecule is CCOC(=O)c1c(NC(=O)COC(=O)c2cccc(C)c2C)sc(C)c1C. The van der Waals surface area contributed by atoms with Crippen LogP contribution in [0.15, 0.2) is 18.2 Å². The average Bonchev–Trinajstić information content (AvgIpc) is 2.89. The highest BCUT2D eigenvalue weighted by molar-refractivity contribution is 7.16. The Bertz CT molecular complexity index is 885. The van der Waals surface area contributed by atoms with E-state index in [0.29, 0.717) is 16.1 Å². The van der Waals surface area contributed by atoms with Crippen LogP contribution in [-0.4, -0.2) is 31.1 Å². The Kier molecular flexibility index (Phi) is 6.74. The van der Waals surface area contributed by atoms with E-state index >= 15 is 0 Å². The Morgan fingerprint density at radius 2 is 1.70 bits per heavy atom. The van der Waals surface area contributed by atoms with E-state index in [4.69, 9.17) is 9.47 Å². The lowest BCUT2D eigenvalue weighted by atomic mass is 10.0. The molecule has 1 heterocycles. The molecule has 0 spiro atoms. The van der Waals surface area contributed by atoms with Gasteiger partial charge in [0, 0.05) is 4.88 Å². The molecule has 0 aliphatic carbocycles. The zero-order valence-electron chi connectivity index (χ0n) is 16.1. The van der Waals surface area contributed by atoms with Gasteiger partial charge in [-0.25, -0.2) is 9.59 Å². The molecule has 0 saturated heterocycles. The summed E-state index contributed by atoms with van der Waals surface area (Å²) in [4.78, 5) is 37.5. The van der Waals surface area contributed by atoms with E-state index in [1.54, 1.807) is 26.0 Å². The molecule has 0 unspecified atom stereocenters. The van der Waals surface area contributed by atoms with Gasteiger partial charge in [-0.15, -0.1) is 11.3 Å². The minimum absolute atomic E-state index is 0.244. The molecule has 0 atom stereocenters. The molecular formula is C20H23NO5S. The van der Waals surface area contributed by atoms with Gasteiger partial charge in [-0.1, -0.05) is 12.1 Å². The van der Waals surface area contributed by atoms with Gasteiger partial charge >= 0.3 is 11.9 Å². The second-order valence-corrected chi connectivity index (χ2v) is 7.30. The molecule has 0 radical (unpaired) electrons. The Hall–Kier alpha value is -2.67. The summed E-state index contributed by atoms with van der Waals surface area (Å²) >= 11 is 1.29. The minimum atomic E-state index is -0.560. The summed E-state index contributed by atoms with van der Waals surface area (Å²) in [6.45, 7) is 8.91. The number of carbonyl (C=O) groups is 3. The fourth-order valence-electron chi connectivity index (χ4n) is 2.51. The van der Waals surface area contributed by atoms with Gasteiger partial charge in [0.1, 0.15) is 5.00 Å². The van der Waals surface area contributed by atoms with E-state index < -0.39 is 24.5 Å². The second kappa shape index (κ2) is 8.81. The predicted octanol–water partition coefficient (Wildman–Crippen LogP) is 3.95. The molecule has 7 heteroatoms. The fourth-order valence-corrected chi connectivity index (χ4v) is 3.57. The largest absolute Gasteiger partial charge is 0.462 e. The number of aryl methyl sites for hydroxylation is 2. The van der Waals surface area contributed by atoms with Gasteiger partial charge in [0.15, 0.2) is 6.61 Å². The second-order valence-electron chi connectivity index (χ2n) is 6.08. The molecular weight excluding hydrogens is 366 g/mol. The monoisotopic (exact) mass is 389 g/mol. The molecule has 2 aromatic rings. The van der Waals surface area contributed by atoms with Gasteiger partial charge in [-0.3, -0.25) is 4.79 Å². The van der Waals surface area contributed by atoms with Crippen LogP contribution in [0.3, 0.4) is 0 Å². The molecule has 0 aliphatic rings.